The molecule has 1 aromatic heterocycles. The monoisotopic (exact) mass is 421 g/mol. The van der Waals surface area contributed by atoms with Gasteiger partial charge in [0, 0.05) is 12.0 Å². The Bertz CT molecular complexity index is 815. The molecule has 0 aliphatic carbocycles. The first-order valence-electron chi connectivity index (χ1n) is 9.09. The second kappa shape index (κ2) is 10.0. The van der Waals surface area contributed by atoms with Crippen LogP contribution in [0, 0.1) is 11.3 Å². The molecule has 28 heavy (non-hydrogen) atoms. The van der Waals surface area contributed by atoms with Crippen LogP contribution in [0.3, 0.4) is 0 Å². The van der Waals surface area contributed by atoms with Crippen LogP contribution in [-0.2, 0) is 4.79 Å². The maximum Gasteiger partial charge on any atom is 0.226 e. The van der Waals surface area contributed by atoms with Crippen LogP contribution in [0.5, 0.6) is 5.75 Å². The number of Topliss-reactive ketones (excluding diaryl/α,β-unsaturated/α-hetero) is 1. The lowest BCUT2D eigenvalue weighted by molar-refractivity contribution is -0.117. The van der Waals surface area contributed by atoms with E-state index < -0.39 is 0 Å². The fourth-order valence-electron chi connectivity index (χ4n) is 2.93. The summed E-state index contributed by atoms with van der Waals surface area (Å²) in [4.78, 5) is 24.5. The fraction of sp³-hybridized carbons (Fsp3) is 0.500. The van der Waals surface area contributed by atoms with Gasteiger partial charge < -0.3 is 10.1 Å². The minimum atomic E-state index is -0.0584. The zero-order valence-electron chi connectivity index (χ0n) is 16.9. The van der Waals surface area contributed by atoms with E-state index in [-0.39, 0.29) is 22.9 Å². The Morgan fingerprint density at radius 3 is 2.71 bits per heavy atom. The Kier molecular flexibility index (Phi) is 8.00. The number of methoxy groups -OCH3 is 1. The molecule has 1 aromatic carbocycles. The normalized spacial score (nSPS) is 12.5. The third-order valence-corrected chi connectivity index (χ3v) is 5.84. The molecule has 0 saturated heterocycles. The highest BCUT2D eigenvalue weighted by Crippen LogP contribution is 2.28. The zero-order chi connectivity index (χ0) is 20.7. The van der Waals surface area contributed by atoms with E-state index in [1.165, 1.54) is 23.1 Å². The highest BCUT2D eigenvalue weighted by molar-refractivity contribution is 8.01. The number of carbonyl (C=O) groups is 2. The van der Waals surface area contributed by atoms with E-state index in [0.717, 1.165) is 6.42 Å². The van der Waals surface area contributed by atoms with Gasteiger partial charge in [0.2, 0.25) is 11.0 Å². The molecule has 2 rings (SSSR count). The molecule has 0 radical (unpaired) electrons. The maximum atomic E-state index is 12.3. The van der Waals surface area contributed by atoms with Crippen molar-refractivity contribution in [3.05, 3.63) is 29.8 Å². The number of carbonyl (C=O) groups excluding carboxylic acids is 2. The van der Waals surface area contributed by atoms with Gasteiger partial charge in [-0.05, 0) is 29.9 Å². The lowest BCUT2D eigenvalue weighted by atomic mass is 9.84. The van der Waals surface area contributed by atoms with Crippen molar-refractivity contribution >= 4 is 39.9 Å². The molecule has 0 aliphatic rings. The van der Waals surface area contributed by atoms with Gasteiger partial charge >= 0.3 is 0 Å². The number of benzene rings is 1. The Balaban J connectivity index is 1.83. The molecule has 1 amide bonds. The third kappa shape index (κ3) is 7.59. The number of ether oxygens (including phenoxy) is 1. The fourth-order valence-corrected chi connectivity index (χ4v) is 4.59. The molecule has 0 saturated carbocycles. The Morgan fingerprint density at radius 1 is 1.29 bits per heavy atom. The van der Waals surface area contributed by atoms with E-state index in [1.807, 2.05) is 0 Å². The third-order valence-electron chi connectivity index (χ3n) is 3.87. The van der Waals surface area contributed by atoms with Gasteiger partial charge in [-0.1, -0.05) is 62.9 Å². The Labute approximate surface area is 174 Å². The van der Waals surface area contributed by atoms with E-state index in [4.69, 9.17) is 4.74 Å². The SMILES string of the molecule is COc1cccc(C(=O)CSc2nnc(NC(=O)C[C@@H](C)CC(C)(C)C)s2)c1. The first-order valence-corrected chi connectivity index (χ1v) is 10.9. The van der Waals surface area contributed by atoms with E-state index in [1.54, 1.807) is 31.4 Å². The number of ketones is 1. The summed E-state index contributed by atoms with van der Waals surface area (Å²) in [6, 6.07) is 7.06. The predicted molar refractivity (Wildman–Crippen MR) is 114 cm³/mol. The van der Waals surface area contributed by atoms with Crippen LogP contribution in [0.4, 0.5) is 5.13 Å². The highest BCUT2D eigenvalue weighted by Gasteiger charge is 2.19. The minimum absolute atomic E-state index is 0.0132. The number of nitrogens with one attached hydrogen (secondary N) is 1. The molecule has 0 bridgehead atoms. The van der Waals surface area contributed by atoms with Crippen molar-refractivity contribution in [1.29, 1.82) is 0 Å². The van der Waals surface area contributed by atoms with Crippen molar-refractivity contribution < 1.29 is 14.3 Å². The second-order valence-corrected chi connectivity index (χ2v) is 10.1. The lowest BCUT2D eigenvalue weighted by Crippen LogP contribution is -2.18. The number of amides is 1. The van der Waals surface area contributed by atoms with Crippen molar-refractivity contribution in [1.82, 2.24) is 10.2 Å². The van der Waals surface area contributed by atoms with Crippen molar-refractivity contribution in [3.8, 4) is 5.75 Å². The van der Waals surface area contributed by atoms with E-state index in [0.29, 0.717) is 33.1 Å². The van der Waals surface area contributed by atoms with Gasteiger partial charge in [-0.3, -0.25) is 9.59 Å². The number of aromatic nitrogens is 2. The van der Waals surface area contributed by atoms with Crippen LogP contribution < -0.4 is 10.1 Å². The second-order valence-electron chi connectivity index (χ2n) is 7.94. The highest BCUT2D eigenvalue weighted by atomic mass is 32.2. The van der Waals surface area contributed by atoms with Crippen LogP contribution in [-0.4, -0.2) is 34.8 Å². The van der Waals surface area contributed by atoms with Gasteiger partial charge in [0.25, 0.3) is 0 Å². The molecule has 1 heterocycles. The van der Waals surface area contributed by atoms with Crippen molar-refractivity contribution in [2.75, 3.05) is 18.2 Å². The van der Waals surface area contributed by atoms with Crippen LogP contribution in [0.1, 0.15) is 50.9 Å². The molecule has 0 unspecified atom stereocenters. The van der Waals surface area contributed by atoms with Crippen LogP contribution >= 0.6 is 23.1 Å². The first-order chi connectivity index (χ1) is 13.2. The number of rotatable bonds is 9. The molecule has 0 fully saturated rings. The van der Waals surface area contributed by atoms with Gasteiger partial charge in [-0.2, -0.15) is 0 Å². The smallest absolute Gasteiger partial charge is 0.226 e. The summed E-state index contributed by atoms with van der Waals surface area (Å²) < 4.78 is 5.79. The van der Waals surface area contributed by atoms with Crippen LogP contribution in [0.25, 0.3) is 0 Å². The molecule has 8 heteroatoms. The molecule has 152 valence electrons. The predicted octanol–water partition coefficient (Wildman–Crippen LogP) is 4.92. The average molecular weight is 422 g/mol. The summed E-state index contributed by atoms with van der Waals surface area (Å²) in [6.07, 6.45) is 1.43. The first kappa shape index (κ1) is 22.4. The molecule has 1 N–H and O–H groups in total. The van der Waals surface area contributed by atoms with Gasteiger partial charge in [0.1, 0.15) is 5.75 Å². The quantitative estimate of drug-likeness (QED) is 0.351. The van der Waals surface area contributed by atoms with Crippen molar-refractivity contribution in [3.63, 3.8) is 0 Å². The van der Waals surface area contributed by atoms with E-state index in [2.05, 4.69) is 43.2 Å². The van der Waals surface area contributed by atoms with Gasteiger partial charge in [0.05, 0.1) is 12.9 Å². The summed E-state index contributed by atoms with van der Waals surface area (Å²) in [5, 5.41) is 11.3. The largest absolute Gasteiger partial charge is 0.497 e. The summed E-state index contributed by atoms with van der Waals surface area (Å²) >= 11 is 2.59. The Morgan fingerprint density at radius 2 is 2.04 bits per heavy atom. The summed E-state index contributed by atoms with van der Waals surface area (Å²) in [5.74, 6) is 1.12. The summed E-state index contributed by atoms with van der Waals surface area (Å²) in [7, 11) is 1.57. The van der Waals surface area contributed by atoms with Crippen LogP contribution in [0.15, 0.2) is 28.6 Å². The molecule has 2 aromatic rings. The van der Waals surface area contributed by atoms with E-state index in [9.17, 15) is 9.59 Å². The number of anilines is 1. The molecule has 0 aliphatic heterocycles. The molecule has 1 atom stereocenters. The average Bonchev–Trinajstić information content (AvgIpc) is 3.05. The molecule has 0 spiro atoms. The van der Waals surface area contributed by atoms with Crippen molar-refractivity contribution in [2.45, 2.75) is 44.9 Å². The number of hydrogen-bond acceptors (Lipinski definition) is 7. The standard InChI is InChI=1S/C20H27N3O3S2/c1-13(11-20(2,3)4)9-17(25)21-18-22-23-19(28-18)27-12-16(24)14-7-6-8-15(10-14)26-5/h6-8,10,13H,9,11-12H2,1-5H3,(H,21,22,25)/t13-/m1/s1. The van der Waals surface area contributed by atoms with Gasteiger partial charge in [-0.25, -0.2) is 0 Å². The zero-order valence-corrected chi connectivity index (χ0v) is 18.6. The summed E-state index contributed by atoms with van der Waals surface area (Å²) in [6.45, 7) is 8.59. The van der Waals surface area contributed by atoms with Crippen molar-refractivity contribution in [2.24, 2.45) is 11.3 Å². The molecular weight excluding hydrogens is 394 g/mol. The minimum Gasteiger partial charge on any atom is -0.497 e. The lowest BCUT2D eigenvalue weighted by Gasteiger charge is -2.22. The number of thioether (sulfide) groups is 1. The summed E-state index contributed by atoms with van der Waals surface area (Å²) in [5.41, 5.74) is 0.791. The van der Waals surface area contributed by atoms with Gasteiger partial charge in [-0.15, -0.1) is 10.2 Å². The van der Waals surface area contributed by atoms with Crippen LogP contribution in [0.2, 0.25) is 0 Å². The molecule has 6 nitrogen and oxygen atoms in total. The topological polar surface area (TPSA) is 81.2 Å². The maximum absolute atomic E-state index is 12.3. The number of hydrogen-bond donors (Lipinski definition) is 1. The van der Waals surface area contributed by atoms with Gasteiger partial charge in [0.15, 0.2) is 10.1 Å². The molecular formula is C20H27N3O3S2. The number of nitrogens with zero attached hydrogens (tertiary/aromatic N) is 2. The Hall–Kier alpha value is -1.93. The van der Waals surface area contributed by atoms with E-state index >= 15 is 0 Å².